The summed E-state index contributed by atoms with van der Waals surface area (Å²) in [5, 5.41) is 12.8. The van der Waals surface area contributed by atoms with Gasteiger partial charge in [-0.3, -0.25) is 9.69 Å². The normalized spacial score (nSPS) is 22.9. The maximum absolute atomic E-state index is 11.3. The number of carboxylic acids is 1. The lowest BCUT2D eigenvalue weighted by atomic mass is 9.95. The van der Waals surface area contributed by atoms with Crippen molar-refractivity contribution in [3.8, 4) is 0 Å². The van der Waals surface area contributed by atoms with Crippen molar-refractivity contribution in [1.29, 1.82) is 0 Å². The lowest BCUT2D eigenvalue weighted by molar-refractivity contribution is -0.144. The molecule has 2 N–H and O–H groups in total. The predicted molar refractivity (Wildman–Crippen MR) is 73.8 cm³/mol. The van der Waals surface area contributed by atoms with Gasteiger partial charge in [-0.05, 0) is 51.2 Å². The number of nitrogens with one attached hydrogen (secondary N) is 1. The minimum absolute atomic E-state index is 0.274. The van der Waals surface area contributed by atoms with Crippen LogP contribution in [0, 0.1) is 5.92 Å². The highest BCUT2D eigenvalue weighted by Gasteiger charge is 2.29. The molecule has 4 heteroatoms. The average molecular weight is 256 g/mol. The highest BCUT2D eigenvalue weighted by Crippen LogP contribution is 2.20. The maximum Gasteiger partial charge on any atom is 0.320 e. The SMILES string of the molecule is CCCNCC1CCCN(C(CCC)C(=O)O)C1. The molecule has 0 radical (unpaired) electrons. The van der Waals surface area contributed by atoms with E-state index in [0.717, 1.165) is 51.9 Å². The molecule has 1 rings (SSSR count). The molecule has 0 bridgehead atoms. The highest BCUT2D eigenvalue weighted by atomic mass is 16.4. The molecule has 1 aliphatic heterocycles. The summed E-state index contributed by atoms with van der Waals surface area (Å²) in [4.78, 5) is 13.5. The van der Waals surface area contributed by atoms with Gasteiger partial charge in [-0.1, -0.05) is 20.3 Å². The quantitative estimate of drug-likeness (QED) is 0.652. The number of hydrogen-bond donors (Lipinski definition) is 2. The molecule has 4 nitrogen and oxygen atoms in total. The van der Waals surface area contributed by atoms with E-state index in [1.165, 1.54) is 6.42 Å². The number of carboxylic acid groups (broad SMARTS) is 1. The lowest BCUT2D eigenvalue weighted by Crippen LogP contribution is -2.48. The van der Waals surface area contributed by atoms with E-state index in [0.29, 0.717) is 5.92 Å². The van der Waals surface area contributed by atoms with Crippen molar-refractivity contribution in [2.45, 2.75) is 52.0 Å². The molecule has 1 aliphatic rings. The molecule has 0 aromatic rings. The van der Waals surface area contributed by atoms with Gasteiger partial charge in [0.1, 0.15) is 6.04 Å². The Bertz CT molecular complexity index is 246. The van der Waals surface area contributed by atoms with Crippen molar-refractivity contribution < 1.29 is 9.90 Å². The smallest absolute Gasteiger partial charge is 0.320 e. The van der Waals surface area contributed by atoms with Gasteiger partial charge < -0.3 is 10.4 Å². The van der Waals surface area contributed by atoms with Crippen LogP contribution in [0.4, 0.5) is 0 Å². The van der Waals surface area contributed by atoms with Crippen molar-refractivity contribution >= 4 is 5.97 Å². The molecule has 2 unspecified atom stereocenters. The second kappa shape index (κ2) is 8.48. The van der Waals surface area contributed by atoms with Crippen LogP contribution in [0.15, 0.2) is 0 Å². The van der Waals surface area contributed by atoms with E-state index in [2.05, 4.69) is 24.1 Å². The molecule has 0 aromatic heterocycles. The largest absolute Gasteiger partial charge is 0.480 e. The van der Waals surface area contributed by atoms with Gasteiger partial charge in [-0.15, -0.1) is 0 Å². The van der Waals surface area contributed by atoms with E-state index in [4.69, 9.17) is 0 Å². The van der Waals surface area contributed by atoms with Crippen LogP contribution in [0.2, 0.25) is 0 Å². The fourth-order valence-corrected chi connectivity index (χ4v) is 2.77. The Kier molecular flexibility index (Phi) is 7.28. The minimum atomic E-state index is -0.654. The molecule has 1 heterocycles. The average Bonchev–Trinajstić information content (AvgIpc) is 2.36. The van der Waals surface area contributed by atoms with Gasteiger partial charge in [0.05, 0.1) is 0 Å². The molecule has 0 saturated carbocycles. The van der Waals surface area contributed by atoms with Crippen LogP contribution < -0.4 is 5.32 Å². The lowest BCUT2D eigenvalue weighted by Gasteiger charge is -2.36. The van der Waals surface area contributed by atoms with Gasteiger partial charge in [0, 0.05) is 6.54 Å². The van der Waals surface area contributed by atoms with E-state index in [-0.39, 0.29) is 6.04 Å². The Morgan fingerprint density at radius 2 is 2.22 bits per heavy atom. The van der Waals surface area contributed by atoms with Crippen LogP contribution in [0.3, 0.4) is 0 Å². The van der Waals surface area contributed by atoms with Crippen LogP contribution in [0.1, 0.15) is 46.0 Å². The topological polar surface area (TPSA) is 52.6 Å². The van der Waals surface area contributed by atoms with Crippen LogP contribution >= 0.6 is 0 Å². The van der Waals surface area contributed by atoms with Gasteiger partial charge in [-0.25, -0.2) is 0 Å². The number of piperidine rings is 1. The summed E-state index contributed by atoms with van der Waals surface area (Å²) in [7, 11) is 0. The first kappa shape index (κ1) is 15.4. The number of rotatable bonds is 8. The number of nitrogens with zero attached hydrogens (tertiary/aromatic N) is 1. The van der Waals surface area contributed by atoms with Crippen molar-refractivity contribution in [2.75, 3.05) is 26.2 Å². The molecule has 106 valence electrons. The number of carbonyl (C=O) groups is 1. The third kappa shape index (κ3) is 4.94. The molecule has 0 aromatic carbocycles. The standard InChI is InChI=1S/C14H28N2O2/c1-3-6-13(14(17)18)16-9-5-7-12(11-16)10-15-8-4-2/h12-13,15H,3-11H2,1-2H3,(H,17,18). The second-order valence-electron chi connectivity index (χ2n) is 5.35. The molecule has 18 heavy (non-hydrogen) atoms. The Labute approximate surface area is 111 Å². The Morgan fingerprint density at radius 3 is 2.83 bits per heavy atom. The van der Waals surface area contributed by atoms with Crippen LogP contribution in [-0.4, -0.2) is 48.2 Å². The second-order valence-corrected chi connectivity index (χ2v) is 5.35. The Balaban J connectivity index is 2.43. The van der Waals surface area contributed by atoms with E-state index < -0.39 is 5.97 Å². The number of likely N-dealkylation sites (tertiary alicyclic amines) is 1. The van der Waals surface area contributed by atoms with E-state index in [9.17, 15) is 9.90 Å². The highest BCUT2D eigenvalue weighted by molar-refractivity contribution is 5.73. The third-order valence-corrected chi connectivity index (χ3v) is 3.70. The molecule has 0 spiro atoms. The van der Waals surface area contributed by atoms with Crippen molar-refractivity contribution in [3.63, 3.8) is 0 Å². The summed E-state index contributed by atoms with van der Waals surface area (Å²) >= 11 is 0. The summed E-state index contributed by atoms with van der Waals surface area (Å²) in [6, 6.07) is -0.274. The molecular weight excluding hydrogens is 228 g/mol. The van der Waals surface area contributed by atoms with E-state index >= 15 is 0 Å². The zero-order valence-corrected chi connectivity index (χ0v) is 11.8. The van der Waals surface area contributed by atoms with Crippen molar-refractivity contribution in [1.82, 2.24) is 10.2 Å². The molecule has 1 saturated heterocycles. The van der Waals surface area contributed by atoms with E-state index in [1.807, 2.05) is 0 Å². The summed E-state index contributed by atoms with van der Waals surface area (Å²) in [5.41, 5.74) is 0. The summed E-state index contributed by atoms with van der Waals surface area (Å²) < 4.78 is 0. The minimum Gasteiger partial charge on any atom is -0.480 e. The van der Waals surface area contributed by atoms with E-state index in [1.54, 1.807) is 0 Å². The third-order valence-electron chi connectivity index (χ3n) is 3.70. The monoisotopic (exact) mass is 256 g/mol. The first-order chi connectivity index (χ1) is 8.69. The Morgan fingerprint density at radius 1 is 1.44 bits per heavy atom. The van der Waals surface area contributed by atoms with Gasteiger partial charge in [0.2, 0.25) is 0 Å². The first-order valence-corrected chi connectivity index (χ1v) is 7.36. The summed E-state index contributed by atoms with van der Waals surface area (Å²) in [5.74, 6) is -0.0389. The zero-order chi connectivity index (χ0) is 13.4. The van der Waals surface area contributed by atoms with Gasteiger partial charge >= 0.3 is 5.97 Å². The number of aliphatic carboxylic acids is 1. The molecule has 0 amide bonds. The zero-order valence-electron chi connectivity index (χ0n) is 11.8. The van der Waals surface area contributed by atoms with Crippen molar-refractivity contribution in [2.24, 2.45) is 5.92 Å². The maximum atomic E-state index is 11.3. The van der Waals surface area contributed by atoms with Gasteiger partial charge in [0.25, 0.3) is 0 Å². The van der Waals surface area contributed by atoms with Crippen LogP contribution in [-0.2, 0) is 4.79 Å². The Hall–Kier alpha value is -0.610. The molecule has 1 fully saturated rings. The number of hydrogen-bond acceptors (Lipinski definition) is 3. The first-order valence-electron chi connectivity index (χ1n) is 7.36. The van der Waals surface area contributed by atoms with Crippen molar-refractivity contribution in [3.05, 3.63) is 0 Å². The summed E-state index contributed by atoms with van der Waals surface area (Å²) in [6.07, 6.45) is 5.22. The van der Waals surface area contributed by atoms with Gasteiger partial charge in [-0.2, -0.15) is 0 Å². The summed E-state index contributed by atoms with van der Waals surface area (Å²) in [6.45, 7) is 8.20. The van der Waals surface area contributed by atoms with Crippen LogP contribution in [0.5, 0.6) is 0 Å². The fraction of sp³-hybridized carbons (Fsp3) is 0.929. The van der Waals surface area contributed by atoms with Gasteiger partial charge in [0.15, 0.2) is 0 Å². The molecule has 2 atom stereocenters. The molecular formula is C14H28N2O2. The predicted octanol–water partition coefficient (Wildman–Crippen LogP) is 1.95. The molecule has 0 aliphatic carbocycles. The fourth-order valence-electron chi connectivity index (χ4n) is 2.77. The van der Waals surface area contributed by atoms with Crippen LogP contribution in [0.25, 0.3) is 0 Å².